The number of esters is 1. The van der Waals surface area contributed by atoms with Crippen LogP contribution in [0.4, 0.5) is 5.69 Å². The smallest absolute Gasteiger partial charge is 0.311 e. The van der Waals surface area contributed by atoms with Crippen molar-refractivity contribution in [1.82, 2.24) is 9.97 Å². The van der Waals surface area contributed by atoms with Crippen LogP contribution in [0.25, 0.3) is 0 Å². The zero-order chi connectivity index (χ0) is 18.4. The summed E-state index contributed by atoms with van der Waals surface area (Å²) in [5.74, 6) is -0.769. The average Bonchev–Trinajstić information content (AvgIpc) is 2.54. The second-order valence-corrected chi connectivity index (χ2v) is 6.82. The Morgan fingerprint density at radius 1 is 1.40 bits per heavy atom. The van der Waals surface area contributed by atoms with Gasteiger partial charge in [0, 0.05) is 16.8 Å². The standard InChI is InChI=1S/C16H16ClN3O4S/c1-9(15(23)18-11-5-3-4-10(17)6-11)25-16-19-12(7-13(21)20-16)8-14(22)24-2/h3-7,9H,8H2,1-2H3,(H,18,23)(H,19,20,21)/t9-/m0/s1. The number of H-pyrrole nitrogens is 1. The maximum atomic E-state index is 12.3. The number of carbonyl (C=O) groups excluding carboxylic acids is 2. The van der Waals surface area contributed by atoms with Crippen LogP contribution in [-0.4, -0.2) is 34.2 Å². The molecular formula is C16H16ClN3O4S. The molecular weight excluding hydrogens is 366 g/mol. The molecule has 2 rings (SSSR count). The van der Waals surface area contributed by atoms with Crippen LogP contribution in [0, 0.1) is 0 Å². The van der Waals surface area contributed by atoms with Crippen LogP contribution in [0.5, 0.6) is 0 Å². The van der Waals surface area contributed by atoms with Crippen molar-refractivity contribution in [3.63, 3.8) is 0 Å². The molecule has 2 N–H and O–H groups in total. The van der Waals surface area contributed by atoms with Gasteiger partial charge in [0.1, 0.15) is 0 Å². The summed E-state index contributed by atoms with van der Waals surface area (Å²) in [7, 11) is 1.26. The molecule has 1 aromatic carbocycles. The Kier molecular flexibility index (Phi) is 6.60. The predicted octanol–water partition coefficient (Wildman–Crippen LogP) is 2.26. The highest BCUT2D eigenvalue weighted by molar-refractivity contribution is 8.00. The minimum absolute atomic E-state index is 0.114. The van der Waals surface area contributed by atoms with Crippen molar-refractivity contribution in [1.29, 1.82) is 0 Å². The summed E-state index contributed by atoms with van der Waals surface area (Å²) in [4.78, 5) is 42.0. The highest BCUT2D eigenvalue weighted by atomic mass is 35.5. The number of thioether (sulfide) groups is 1. The summed E-state index contributed by atoms with van der Waals surface area (Å²) in [6, 6.07) is 8.01. The monoisotopic (exact) mass is 381 g/mol. The molecule has 0 bridgehead atoms. The van der Waals surface area contributed by atoms with Crippen LogP contribution >= 0.6 is 23.4 Å². The van der Waals surface area contributed by atoms with E-state index < -0.39 is 16.8 Å². The first-order chi connectivity index (χ1) is 11.9. The molecule has 0 fully saturated rings. The molecule has 7 nitrogen and oxygen atoms in total. The van der Waals surface area contributed by atoms with Crippen LogP contribution in [0.15, 0.2) is 40.3 Å². The molecule has 9 heteroatoms. The van der Waals surface area contributed by atoms with Gasteiger partial charge in [-0.25, -0.2) is 4.98 Å². The van der Waals surface area contributed by atoms with Crippen molar-refractivity contribution in [2.45, 2.75) is 23.8 Å². The Hall–Kier alpha value is -2.32. The molecule has 1 heterocycles. The minimum atomic E-state index is -0.532. The summed E-state index contributed by atoms with van der Waals surface area (Å²) in [5, 5.41) is 2.97. The summed E-state index contributed by atoms with van der Waals surface area (Å²) in [6.07, 6.45) is -0.114. The van der Waals surface area contributed by atoms with Crippen molar-refractivity contribution in [3.05, 3.63) is 51.4 Å². The van der Waals surface area contributed by atoms with Gasteiger partial charge in [0.15, 0.2) is 5.16 Å². The maximum Gasteiger partial charge on any atom is 0.311 e. The van der Waals surface area contributed by atoms with E-state index in [1.807, 2.05) is 0 Å². The molecule has 0 aliphatic rings. The van der Waals surface area contributed by atoms with Gasteiger partial charge in [0.25, 0.3) is 5.56 Å². The molecule has 0 spiro atoms. The van der Waals surface area contributed by atoms with E-state index in [1.165, 1.54) is 13.2 Å². The van der Waals surface area contributed by atoms with Gasteiger partial charge in [0.2, 0.25) is 5.91 Å². The van der Waals surface area contributed by atoms with Crippen LogP contribution in [0.1, 0.15) is 12.6 Å². The Morgan fingerprint density at radius 3 is 2.84 bits per heavy atom. The molecule has 25 heavy (non-hydrogen) atoms. The lowest BCUT2D eigenvalue weighted by Gasteiger charge is -2.12. The highest BCUT2D eigenvalue weighted by Crippen LogP contribution is 2.21. The largest absolute Gasteiger partial charge is 0.469 e. The summed E-state index contributed by atoms with van der Waals surface area (Å²) in [6.45, 7) is 1.68. The zero-order valence-corrected chi connectivity index (χ0v) is 15.1. The number of rotatable bonds is 6. The number of aromatic amines is 1. The third-order valence-corrected chi connectivity index (χ3v) is 4.30. The molecule has 1 atom stereocenters. The molecule has 0 saturated carbocycles. The molecule has 0 radical (unpaired) electrons. The van der Waals surface area contributed by atoms with Crippen LogP contribution in [-0.2, 0) is 20.7 Å². The first kappa shape index (κ1) is 19.0. The van der Waals surface area contributed by atoms with Crippen LogP contribution < -0.4 is 10.9 Å². The summed E-state index contributed by atoms with van der Waals surface area (Å²) < 4.78 is 4.56. The number of anilines is 1. The third-order valence-electron chi connectivity index (χ3n) is 3.08. The molecule has 0 unspecified atom stereocenters. The molecule has 0 saturated heterocycles. The molecule has 1 aromatic heterocycles. The Bertz CT molecular complexity index is 840. The summed E-state index contributed by atoms with van der Waals surface area (Å²) in [5.41, 5.74) is 0.449. The van der Waals surface area contributed by atoms with Gasteiger partial charge in [-0.3, -0.25) is 14.4 Å². The minimum Gasteiger partial charge on any atom is -0.469 e. The topological polar surface area (TPSA) is 101 Å². The first-order valence-corrected chi connectivity index (χ1v) is 8.53. The number of carbonyl (C=O) groups is 2. The average molecular weight is 382 g/mol. The van der Waals surface area contributed by atoms with E-state index in [2.05, 4.69) is 20.0 Å². The molecule has 1 amide bonds. The van der Waals surface area contributed by atoms with E-state index in [0.29, 0.717) is 10.7 Å². The normalized spacial score (nSPS) is 11.6. The van der Waals surface area contributed by atoms with Crippen molar-refractivity contribution < 1.29 is 14.3 Å². The Labute approximate surface area is 153 Å². The number of hydrogen-bond donors (Lipinski definition) is 2. The fourth-order valence-corrected chi connectivity index (χ4v) is 2.90. The second-order valence-electron chi connectivity index (χ2n) is 5.05. The Morgan fingerprint density at radius 2 is 2.16 bits per heavy atom. The Balaban J connectivity index is 2.06. The van der Waals surface area contributed by atoms with Gasteiger partial charge in [-0.1, -0.05) is 29.4 Å². The molecule has 132 valence electrons. The van der Waals surface area contributed by atoms with Crippen molar-refractivity contribution in [3.8, 4) is 0 Å². The van der Waals surface area contributed by atoms with Gasteiger partial charge >= 0.3 is 5.97 Å². The van der Waals surface area contributed by atoms with Gasteiger partial charge in [0.05, 0.1) is 24.5 Å². The van der Waals surface area contributed by atoms with Gasteiger partial charge in [-0.15, -0.1) is 0 Å². The van der Waals surface area contributed by atoms with E-state index in [1.54, 1.807) is 31.2 Å². The number of nitrogens with one attached hydrogen (secondary N) is 2. The molecule has 0 aliphatic heterocycles. The highest BCUT2D eigenvalue weighted by Gasteiger charge is 2.17. The van der Waals surface area contributed by atoms with Crippen molar-refractivity contribution in [2.75, 3.05) is 12.4 Å². The number of benzene rings is 1. The number of ether oxygens (including phenoxy) is 1. The van der Waals surface area contributed by atoms with E-state index in [0.717, 1.165) is 11.8 Å². The van der Waals surface area contributed by atoms with E-state index in [-0.39, 0.29) is 23.2 Å². The molecule has 2 aromatic rings. The van der Waals surface area contributed by atoms with Gasteiger partial charge < -0.3 is 15.0 Å². The van der Waals surface area contributed by atoms with E-state index in [9.17, 15) is 14.4 Å². The number of halogens is 1. The lowest BCUT2D eigenvalue weighted by molar-refractivity contribution is -0.139. The number of aromatic nitrogens is 2. The second kappa shape index (κ2) is 8.68. The van der Waals surface area contributed by atoms with Crippen LogP contribution in [0.3, 0.4) is 0 Å². The summed E-state index contributed by atoms with van der Waals surface area (Å²) >= 11 is 6.96. The van der Waals surface area contributed by atoms with Crippen LogP contribution in [0.2, 0.25) is 5.02 Å². The number of hydrogen-bond acceptors (Lipinski definition) is 6. The number of amides is 1. The van der Waals surface area contributed by atoms with Gasteiger partial charge in [-0.2, -0.15) is 0 Å². The number of nitrogens with zero attached hydrogens (tertiary/aromatic N) is 1. The van der Waals surface area contributed by atoms with Crippen molar-refractivity contribution >= 4 is 40.9 Å². The van der Waals surface area contributed by atoms with Gasteiger partial charge in [-0.05, 0) is 25.1 Å². The lowest BCUT2D eigenvalue weighted by Crippen LogP contribution is -2.23. The third kappa shape index (κ3) is 5.91. The fraction of sp³-hybridized carbons (Fsp3) is 0.250. The van der Waals surface area contributed by atoms with E-state index >= 15 is 0 Å². The maximum absolute atomic E-state index is 12.3. The molecule has 0 aliphatic carbocycles. The SMILES string of the molecule is COC(=O)Cc1cc(=O)[nH]c(S[C@@H](C)C(=O)Nc2cccc(Cl)c2)n1. The van der Waals surface area contributed by atoms with Crippen molar-refractivity contribution in [2.24, 2.45) is 0 Å². The number of methoxy groups -OCH3 is 1. The lowest BCUT2D eigenvalue weighted by atomic mass is 10.3. The quantitative estimate of drug-likeness (QED) is 0.452. The predicted molar refractivity (Wildman–Crippen MR) is 96.0 cm³/mol. The zero-order valence-electron chi connectivity index (χ0n) is 13.5. The fourth-order valence-electron chi connectivity index (χ4n) is 1.88. The van der Waals surface area contributed by atoms with E-state index in [4.69, 9.17) is 11.6 Å². The first-order valence-electron chi connectivity index (χ1n) is 7.27.